The minimum Gasteiger partial charge on any atom is -0.481 e. The molecule has 1 aliphatic carbocycles. The molecular formula is C11H19NO6. The second-order valence-corrected chi connectivity index (χ2v) is 5.40. The van der Waals surface area contributed by atoms with Gasteiger partial charge in [0, 0.05) is 0 Å². The molecule has 18 heavy (non-hydrogen) atoms. The Labute approximate surface area is 105 Å². The van der Waals surface area contributed by atoms with Gasteiger partial charge in [-0.25, -0.2) is 9.68 Å². The van der Waals surface area contributed by atoms with Gasteiger partial charge in [0.15, 0.2) is 0 Å². The number of carbonyl (C=O) groups excluding carboxylic acids is 1. The fourth-order valence-corrected chi connectivity index (χ4v) is 1.93. The van der Waals surface area contributed by atoms with Crippen LogP contribution in [0.1, 0.15) is 33.6 Å². The van der Waals surface area contributed by atoms with E-state index in [0.29, 0.717) is 0 Å². The summed E-state index contributed by atoms with van der Waals surface area (Å²) in [5.41, 5.74) is -0.634. The highest BCUT2D eigenvalue weighted by Gasteiger charge is 2.40. The number of hydrogen-bond acceptors (Lipinski definition) is 5. The van der Waals surface area contributed by atoms with Gasteiger partial charge in [-0.2, -0.15) is 0 Å². The van der Waals surface area contributed by atoms with Gasteiger partial charge in [0.2, 0.25) is 0 Å². The molecule has 0 radical (unpaired) electrons. The first-order valence-electron chi connectivity index (χ1n) is 5.75. The summed E-state index contributed by atoms with van der Waals surface area (Å²) in [6.07, 6.45) is -1.01. The number of carbonyl (C=O) groups is 2. The lowest BCUT2D eigenvalue weighted by Crippen LogP contribution is -2.43. The van der Waals surface area contributed by atoms with Crippen molar-refractivity contribution < 1.29 is 29.6 Å². The zero-order chi connectivity index (χ0) is 13.9. The van der Waals surface area contributed by atoms with Gasteiger partial charge in [-0.3, -0.25) is 10.1 Å². The lowest BCUT2D eigenvalue weighted by molar-refractivity contribution is -0.280. The zero-order valence-electron chi connectivity index (χ0n) is 10.7. The monoisotopic (exact) mass is 261 g/mol. The molecule has 7 nitrogen and oxygen atoms in total. The third-order valence-corrected chi connectivity index (χ3v) is 2.69. The van der Waals surface area contributed by atoms with Crippen LogP contribution in [0.3, 0.4) is 0 Å². The van der Waals surface area contributed by atoms with Gasteiger partial charge in [-0.15, -0.1) is 0 Å². The molecule has 0 bridgehead atoms. The van der Waals surface area contributed by atoms with Crippen LogP contribution in [-0.2, 0) is 14.4 Å². The minimum absolute atomic E-state index is 0.159. The summed E-state index contributed by atoms with van der Waals surface area (Å²) in [5, 5.41) is 20.1. The van der Waals surface area contributed by atoms with Crippen LogP contribution in [0.2, 0.25) is 0 Å². The Kier molecular flexibility index (Phi) is 4.53. The van der Waals surface area contributed by atoms with E-state index in [1.807, 2.05) is 0 Å². The first kappa shape index (κ1) is 14.7. The van der Waals surface area contributed by atoms with Gasteiger partial charge in [-0.1, -0.05) is 0 Å². The van der Waals surface area contributed by atoms with Crippen molar-refractivity contribution in [2.75, 3.05) is 0 Å². The molecule has 0 heterocycles. The predicted molar refractivity (Wildman–Crippen MR) is 61.0 cm³/mol. The maximum Gasteiger partial charge on any atom is 0.407 e. The van der Waals surface area contributed by atoms with Crippen molar-refractivity contribution in [2.24, 2.45) is 5.92 Å². The van der Waals surface area contributed by atoms with Crippen LogP contribution in [0.5, 0.6) is 0 Å². The summed E-state index contributed by atoms with van der Waals surface area (Å²) < 4.78 is 5.05. The van der Waals surface area contributed by atoms with Crippen LogP contribution in [-0.4, -0.2) is 40.2 Å². The van der Waals surface area contributed by atoms with Gasteiger partial charge >= 0.3 is 12.1 Å². The lowest BCUT2D eigenvalue weighted by atomic mass is 10.1. The molecule has 1 fully saturated rings. The van der Waals surface area contributed by atoms with Crippen LogP contribution in [0, 0.1) is 5.92 Å². The molecule has 0 aromatic carbocycles. The van der Waals surface area contributed by atoms with Crippen LogP contribution in [0.25, 0.3) is 0 Å². The van der Waals surface area contributed by atoms with Gasteiger partial charge in [0.1, 0.15) is 11.7 Å². The molecule has 1 rings (SSSR count). The number of carboxylic acid groups (broad SMARTS) is 1. The summed E-state index contributed by atoms with van der Waals surface area (Å²) in [6.45, 7) is 5.17. The van der Waals surface area contributed by atoms with E-state index in [1.54, 1.807) is 20.8 Å². The number of ether oxygens (including phenoxy) is 1. The molecule has 3 unspecified atom stereocenters. The molecule has 1 aliphatic rings. The molecule has 7 heteroatoms. The molecule has 104 valence electrons. The van der Waals surface area contributed by atoms with E-state index in [1.165, 1.54) is 0 Å². The number of amides is 1. The van der Waals surface area contributed by atoms with Crippen LogP contribution in [0.4, 0.5) is 4.79 Å². The Morgan fingerprint density at radius 1 is 1.28 bits per heavy atom. The molecular weight excluding hydrogens is 242 g/mol. The molecule has 0 saturated heterocycles. The molecule has 3 atom stereocenters. The maximum absolute atomic E-state index is 11.5. The van der Waals surface area contributed by atoms with E-state index in [0.717, 1.165) is 0 Å². The first-order valence-corrected chi connectivity index (χ1v) is 5.75. The van der Waals surface area contributed by atoms with Crippen molar-refractivity contribution >= 4 is 12.1 Å². The van der Waals surface area contributed by atoms with Crippen LogP contribution in [0.15, 0.2) is 0 Å². The third kappa shape index (κ3) is 4.15. The molecule has 0 aliphatic heterocycles. The van der Waals surface area contributed by atoms with Gasteiger partial charge in [-0.05, 0) is 33.6 Å². The van der Waals surface area contributed by atoms with Gasteiger partial charge < -0.3 is 15.2 Å². The van der Waals surface area contributed by atoms with Crippen molar-refractivity contribution in [3.8, 4) is 0 Å². The Bertz CT molecular complexity index is 324. The Hall–Kier alpha value is -1.34. The van der Waals surface area contributed by atoms with E-state index in [-0.39, 0.29) is 12.8 Å². The number of hydrogen-bond donors (Lipinski definition) is 3. The number of alkyl carbamates (subject to hydrolysis) is 1. The molecule has 0 aromatic heterocycles. The number of nitrogens with one attached hydrogen (secondary N) is 1. The Balaban J connectivity index is 2.55. The molecule has 1 saturated carbocycles. The zero-order valence-corrected chi connectivity index (χ0v) is 10.7. The van der Waals surface area contributed by atoms with E-state index in [4.69, 9.17) is 15.1 Å². The van der Waals surface area contributed by atoms with Gasteiger partial charge in [0.05, 0.1) is 12.0 Å². The average molecular weight is 261 g/mol. The average Bonchev–Trinajstić information content (AvgIpc) is 2.57. The van der Waals surface area contributed by atoms with Crippen LogP contribution >= 0.6 is 0 Å². The summed E-state index contributed by atoms with van der Waals surface area (Å²) in [5.74, 6) is -1.60. The molecule has 0 aromatic rings. The van der Waals surface area contributed by atoms with Crippen LogP contribution < -0.4 is 5.32 Å². The second-order valence-electron chi connectivity index (χ2n) is 5.40. The SMILES string of the molecule is CC(C)(C)OC(=O)NC1CC(C(=O)O)CC1OO. The topological polar surface area (TPSA) is 105 Å². The Morgan fingerprint density at radius 2 is 1.89 bits per heavy atom. The summed E-state index contributed by atoms with van der Waals surface area (Å²) in [7, 11) is 0. The van der Waals surface area contributed by atoms with Crippen molar-refractivity contribution in [2.45, 2.75) is 51.4 Å². The second kappa shape index (κ2) is 5.53. The molecule has 1 amide bonds. The quantitative estimate of drug-likeness (QED) is 0.521. The summed E-state index contributed by atoms with van der Waals surface area (Å²) in [4.78, 5) is 26.6. The smallest absolute Gasteiger partial charge is 0.407 e. The Morgan fingerprint density at radius 3 is 2.33 bits per heavy atom. The first-order chi connectivity index (χ1) is 8.23. The number of rotatable bonds is 3. The third-order valence-electron chi connectivity index (χ3n) is 2.69. The van der Waals surface area contributed by atoms with Gasteiger partial charge in [0.25, 0.3) is 0 Å². The fourth-order valence-electron chi connectivity index (χ4n) is 1.93. The van der Waals surface area contributed by atoms with Crippen molar-refractivity contribution in [1.82, 2.24) is 5.32 Å². The highest BCUT2D eigenvalue weighted by molar-refractivity contribution is 5.72. The normalized spacial score (nSPS) is 27.9. The van der Waals surface area contributed by atoms with E-state index in [2.05, 4.69) is 10.2 Å². The van der Waals surface area contributed by atoms with Crippen molar-refractivity contribution in [3.63, 3.8) is 0 Å². The predicted octanol–water partition coefficient (Wildman–Crippen LogP) is 1.23. The number of aliphatic carboxylic acids is 1. The van der Waals surface area contributed by atoms with E-state index in [9.17, 15) is 9.59 Å². The molecule has 3 N–H and O–H groups in total. The molecule has 0 spiro atoms. The summed E-state index contributed by atoms with van der Waals surface area (Å²) >= 11 is 0. The standard InChI is InChI=1S/C11H19NO6/c1-11(2,3)17-10(15)12-7-4-6(9(13)14)5-8(7)18-16/h6-8,16H,4-5H2,1-3H3,(H,12,15)(H,13,14). The highest BCUT2D eigenvalue weighted by atomic mass is 17.1. The maximum atomic E-state index is 11.5. The fraction of sp³-hybridized carbons (Fsp3) is 0.818. The minimum atomic E-state index is -0.967. The van der Waals surface area contributed by atoms with E-state index < -0.39 is 35.7 Å². The van der Waals surface area contributed by atoms with E-state index >= 15 is 0 Å². The summed E-state index contributed by atoms with van der Waals surface area (Å²) in [6, 6.07) is -0.564. The number of carboxylic acids is 1. The van der Waals surface area contributed by atoms with Crippen molar-refractivity contribution in [1.29, 1.82) is 0 Å². The highest BCUT2D eigenvalue weighted by Crippen LogP contribution is 2.28. The largest absolute Gasteiger partial charge is 0.481 e. The van der Waals surface area contributed by atoms with Crippen molar-refractivity contribution in [3.05, 3.63) is 0 Å². The lowest BCUT2D eigenvalue weighted by Gasteiger charge is -2.23.